The predicted octanol–water partition coefficient (Wildman–Crippen LogP) is 1.53. The Morgan fingerprint density at radius 1 is 1.31 bits per heavy atom. The van der Waals surface area contributed by atoms with Gasteiger partial charge < -0.3 is 10.6 Å². The molecule has 2 N–H and O–H groups in total. The fraction of sp³-hybridized carbons (Fsp3) is 0.900. The number of halogens is 3. The van der Waals surface area contributed by atoms with Crippen LogP contribution >= 0.6 is 0 Å². The van der Waals surface area contributed by atoms with Crippen molar-refractivity contribution in [2.24, 2.45) is 11.7 Å². The molecule has 1 saturated heterocycles. The van der Waals surface area contributed by atoms with Crippen molar-refractivity contribution in [3.05, 3.63) is 0 Å². The second-order valence-electron chi connectivity index (χ2n) is 4.18. The molecular weight excluding hydrogens is 221 g/mol. The monoisotopic (exact) mass is 238 g/mol. The van der Waals surface area contributed by atoms with Gasteiger partial charge in [0.25, 0.3) is 0 Å². The average molecular weight is 238 g/mol. The molecule has 1 rings (SSSR count). The lowest BCUT2D eigenvalue weighted by atomic mass is 9.97. The molecule has 0 atom stereocenters. The van der Waals surface area contributed by atoms with Gasteiger partial charge >= 0.3 is 6.18 Å². The Bertz CT molecular complexity index is 235. The molecule has 0 spiro atoms. The zero-order valence-corrected chi connectivity index (χ0v) is 9.09. The number of carbonyl (C=O) groups excluding carboxylic acids is 1. The highest BCUT2D eigenvalue weighted by Crippen LogP contribution is 2.23. The van der Waals surface area contributed by atoms with Crippen LogP contribution in [0.15, 0.2) is 0 Å². The van der Waals surface area contributed by atoms with Crippen LogP contribution in [-0.2, 0) is 4.79 Å². The van der Waals surface area contributed by atoms with Crippen LogP contribution in [0.4, 0.5) is 13.2 Å². The number of nitrogens with zero attached hydrogens (tertiary/aromatic N) is 1. The summed E-state index contributed by atoms with van der Waals surface area (Å²) in [5, 5.41) is 0. The Morgan fingerprint density at radius 2 is 1.88 bits per heavy atom. The fourth-order valence-corrected chi connectivity index (χ4v) is 1.82. The van der Waals surface area contributed by atoms with Crippen LogP contribution in [0.1, 0.15) is 25.7 Å². The molecule has 0 bridgehead atoms. The first-order valence-corrected chi connectivity index (χ1v) is 5.47. The first kappa shape index (κ1) is 13.3. The van der Waals surface area contributed by atoms with E-state index >= 15 is 0 Å². The predicted molar refractivity (Wildman–Crippen MR) is 53.6 cm³/mol. The summed E-state index contributed by atoms with van der Waals surface area (Å²) in [5.74, 6) is 0.0134. The van der Waals surface area contributed by atoms with Gasteiger partial charge in [-0.25, -0.2) is 0 Å². The van der Waals surface area contributed by atoms with E-state index in [0.29, 0.717) is 25.6 Å². The highest BCUT2D eigenvalue weighted by Gasteiger charge is 2.30. The number of likely N-dealkylation sites (tertiary alicyclic amines) is 1. The highest BCUT2D eigenvalue weighted by atomic mass is 19.4. The van der Waals surface area contributed by atoms with Gasteiger partial charge in [-0.3, -0.25) is 4.79 Å². The van der Waals surface area contributed by atoms with E-state index in [-0.39, 0.29) is 0 Å². The molecule has 94 valence electrons. The first-order chi connectivity index (χ1) is 7.42. The number of rotatable bonds is 3. The van der Waals surface area contributed by atoms with Crippen molar-refractivity contribution < 1.29 is 18.0 Å². The number of hydrogen-bond acceptors (Lipinski definition) is 2. The van der Waals surface area contributed by atoms with Crippen LogP contribution in [0.3, 0.4) is 0 Å². The molecule has 1 heterocycles. The van der Waals surface area contributed by atoms with Crippen molar-refractivity contribution in [1.82, 2.24) is 4.90 Å². The summed E-state index contributed by atoms with van der Waals surface area (Å²) >= 11 is 0. The zero-order chi connectivity index (χ0) is 12.2. The molecule has 3 nitrogen and oxygen atoms in total. The molecule has 0 aromatic rings. The Hall–Kier alpha value is -0.780. The standard InChI is InChI=1S/C10H17F3N2O/c11-10(12,13)4-1-9(16)15-5-2-8(7-14)3-6-15/h8H,1-7,14H2. The van der Waals surface area contributed by atoms with Gasteiger partial charge in [0.15, 0.2) is 0 Å². The summed E-state index contributed by atoms with van der Waals surface area (Å²) in [4.78, 5) is 12.9. The molecule has 6 heteroatoms. The fourth-order valence-electron chi connectivity index (χ4n) is 1.82. The van der Waals surface area contributed by atoms with Crippen LogP contribution in [-0.4, -0.2) is 36.6 Å². The highest BCUT2D eigenvalue weighted by molar-refractivity contribution is 5.76. The third-order valence-electron chi connectivity index (χ3n) is 2.92. The lowest BCUT2D eigenvalue weighted by Gasteiger charge is -2.31. The summed E-state index contributed by atoms with van der Waals surface area (Å²) < 4.78 is 35.7. The summed E-state index contributed by atoms with van der Waals surface area (Å²) in [5.41, 5.74) is 5.49. The van der Waals surface area contributed by atoms with Crippen molar-refractivity contribution in [2.45, 2.75) is 31.9 Å². The van der Waals surface area contributed by atoms with Gasteiger partial charge in [-0.15, -0.1) is 0 Å². The van der Waals surface area contributed by atoms with Crippen molar-refractivity contribution in [1.29, 1.82) is 0 Å². The summed E-state index contributed by atoms with van der Waals surface area (Å²) in [7, 11) is 0. The Kier molecular flexibility index (Phi) is 4.58. The normalized spacial score (nSPS) is 18.9. The molecule has 1 aliphatic rings. The molecule has 1 aliphatic heterocycles. The second kappa shape index (κ2) is 5.52. The van der Waals surface area contributed by atoms with Crippen LogP contribution in [0, 0.1) is 5.92 Å². The maximum absolute atomic E-state index is 11.9. The molecule has 16 heavy (non-hydrogen) atoms. The molecule has 0 aromatic carbocycles. The van der Waals surface area contributed by atoms with Crippen molar-refractivity contribution >= 4 is 5.91 Å². The van der Waals surface area contributed by atoms with Gasteiger partial charge in [0.1, 0.15) is 0 Å². The van der Waals surface area contributed by atoms with E-state index in [0.717, 1.165) is 12.8 Å². The molecule has 0 radical (unpaired) electrons. The van der Waals surface area contributed by atoms with Gasteiger partial charge in [0, 0.05) is 19.5 Å². The largest absolute Gasteiger partial charge is 0.389 e. The van der Waals surface area contributed by atoms with Crippen LogP contribution in [0.2, 0.25) is 0 Å². The van der Waals surface area contributed by atoms with E-state index in [2.05, 4.69) is 0 Å². The number of piperidine rings is 1. The number of hydrogen-bond donors (Lipinski definition) is 1. The molecular formula is C10H17F3N2O. The zero-order valence-electron chi connectivity index (χ0n) is 9.09. The third kappa shape index (κ3) is 4.38. The van der Waals surface area contributed by atoms with Crippen molar-refractivity contribution in [2.75, 3.05) is 19.6 Å². The lowest BCUT2D eigenvalue weighted by Crippen LogP contribution is -2.40. The minimum absolute atomic E-state index is 0.396. The molecule has 1 fully saturated rings. The molecule has 1 amide bonds. The third-order valence-corrected chi connectivity index (χ3v) is 2.92. The minimum atomic E-state index is -4.24. The number of nitrogens with two attached hydrogens (primary N) is 1. The Morgan fingerprint density at radius 3 is 2.31 bits per heavy atom. The van der Waals surface area contributed by atoms with Crippen LogP contribution in [0.25, 0.3) is 0 Å². The molecule has 0 aromatic heterocycles. The summed E-state index contributed by atoms with van der Waals surface area (Å²) in [6.07, 6.45) is -4.10. The second-order valence-corrected chi connectivity index (χ2v) is 4.18. The summed E-state index contributed by atoms with van der Waals surface area (Å²) in [6, 6.07) is 0. The maximum Gasteiger partial charge on any atom is 0.389 e. The van der Waals surface area contributed by atoms with Gasteiger partial charge in [-0.1, -0.05) is 0 Å². The minimum Gasteiger partial charge on any atom is -0.343 e. The molecule has 0 saturated carbocycles. The number of amides is 1. The van der Waals surface area contributed by atoms with Gasteiger partial charge in [0.2, 0.25) is 5.91 Å². The SMILES string of the molecule is NCC1CCN(C(=O)CCC(F)(F)F)CC1. The van der Waals surface area contributed by atoms with Gasteiger partial charge in [-0.2, -0.15) is 13.2 Å². The van der Waals surface area contributed by atoms with E-state index < -0.39 is 24.9 Å². The Balaban J connectivity index is 2.28. The van der Waals surface area contributed by atoms with E-state index in [1.807, 2.05) is 0 Å². The number of carbonyl (C=O) groups is 1. The number of alkyl halides is 3. The quantitative estimate of drug-likeness (QED) is 0.810. The van der Waals surface area contributed by atoms with E-state index in [1.165, 1.54) is 4.90 Å². The van der Waals surface area contributed by atoms with Gasteiger partial charge in [-0.05, 0) is 25.3 Å². The lowest BCUT2D eigenvalue weighted by molar-refractivity contribution is -0.149. The first-order valence-electron chi connectivity index (χ1n) is 5.47. The van der Waals surface area contributed by atoms with Crippen LogP contribution < -0.4 is 5.73 Å². The van der Waals surface area contributed by atoms with Crippen LogP contribution in [0.5, 0.6) is 0 Å². The topological polar surface area (TPSA) is 46.3 Å². The molecule has 0 aliphatic carbocycles. The van der Waals surface area contributed by atoms with Crippen molar-refractivity contribution in [3.63, 3.8) is 0 Å². The summed E-state index contributed by atoms with van der Waals surface area (Å²) in [6.45, 7) is 1.67. The average Bonchev–Trinajstić information content (AvgIpc) is 2.25. The van der Waals surface area contributed by atoms with Crippen molar-refractivity contribution in [3.8, 4) is 0 Å². The maximum atomic E-state index is 11.9. The van der Waals surface area contributed by atoms with E-state index in [9.17, 15) is 18.0 Å². The Labute approximate surface area is 92.8 Å². The van der Waals surface area contributed by atoms with E-state index in [4.69, 9.17) is 5.73 Å². The van der Waals surface area contributed by atoms with E-state index in [1.54, 1.807) is 0 Å². The molecule has 0 unspecified atom stereocenters. The van der Waals surface area contributed by atoms with Gasteiger partial charge in [0.05, 0.1) is 6.42 Å². The smallest absolute Gasteiger partial charge is 0.343 e.